The number of aromatic amines is 1. The minimum atomic E-state index is -4.62. The number of carboxylic acids is 1. The lowest BCUT2D eigenvalue weighted by Crippen LogP contribution is -2.35. The number of halogens is 4. The molecule has 1 fully saturated rings. The van der Waals surface area contributed by atoms with Gasteiger partial charge in [-0.3, -0.25) is 9.89 Å². The van der Waals surface area contributed by atoms with Crippen molar-refractivity contribution in [2.24, 2.45) is 0 Å². The van der Waals surface area contributed by atoms with Gasteiger partial charge >= 0.3 is 12.1 Å². The lowest BCUT2D eigenvalue weighted by atomic mass is 10.2. The maximum absolute atomic E-state index is 12.6. The van der Waals surface area contributed by atoms with Crippen LogP contribution in [0.4, 0.5) is 13.2 Å². The van der Waals surface area contributed by atoms with Crippen LogP contribution in [0.5, 0.6) is 0 Å². The highest BCUT2D eigenvalue weighted by Gasteiger charge is 2.35. The molecule has 0 aromatic carbocycles. The summed E-state index contributed by atoms with van der Waals surface area (Å²) in [6.45, 7) is 0.123. The molecule has 3 heterocycles. The first-order chi connectivity index (χ1) is 12.1. The summed E-state index contributed by atoms with van der Waals surface area (Å²) < 4.78 is 69.7. The summed E-state index contributed by atoms with van der Waals surface area (Å²) >= 11 is 0. The predicted molar refractivity (Wildman–Crippen MR) is 86.7 cm³/mol. The van der Waals surface area contributed by atoms with Crippen LogP contribution in [0.2, 0.25) is 0 Å². The van der Waals surface area contributed by atoms with Crippen molar-refractivity contribution in [3.05, 3.63) is 23.9 Å². The number of aromatic nitrogens is 2. The van der Waals surface area contributed by atoms with E-state index in [9.17, 15) is 26.4 Å². The average Bonchev–Trinajstić information content (AvgIpc) is 3.26. The number of alkyl halides is 3. The highest BCUT2D eigenvalue weighted by atomic mass is 35.5. The number of carbonyl (C=O) groups is 1. The molecule has 2 aromatic heterocycles. The van der Waals surface area contributed by atoms with E-state index in [1.807, 2.05) is 0 Å². The lowest BCUT2D eigenvalue weighted by Gasteiger charge is -2.10. The zero-order chi connectivity index (χ0) is 19.1. The summed E-state index contributed by atoms with van der Waals surface area (Å²) in [5.74, 6) is -1.25. The summed E-state index contributed by atoms with van der Waals surface area (Å²) in [6.07, 6.45) is -4.57. The van der Waals surface area contributed by atoms with Gasteiger partial charge in [-0.05, 0) is 24.6 Å². The number of furan rings is 1. The number of hydrogen-bond acceptors (Lipinski definition) is 6. The van der Waals surface area contributed by atoms with Crippen LogP contribution >= 0.6 is 12.4 Å². The maximum atomic E-state index is 12.6. The van der Waals surface area contributed by atoms with Crippen LogP contribution in [0, 0.1) is 0 Å². The Labute approximate surface area is 156 Å². The van der Waals surface area contributed by atoms with Crippen LogP contribution in [0.15, 0.2) is 27.7 Å². The monoisotopic (exact) mass is 430 g/mol. The van der Waals surface area contributed by atoms with Crippen molar-refractivity contribution >= 4 is 28.4 Å². The van der Waals surface area contributed by atoms with Crippen LogP contribution in [-0.4, -0.2) is 48.3 Å². The van der Waals surface area contributed by atoms with Gasteiger partial charge in [0.15, 0.2) is 5.76 Å². The third-order valence-electron chi connectivity index (χ3n) is 3.73. The Kier molecular flexibility index (Phi) is 5.89. The average molecular weight is 431 g/mol. The number of nitrogens with zero attached hydrogens (tertiary/aromatic N) is 1. The predicted octanol–water partition coefficient (Wildman–Crippen LogP) is 1.20. The van der Waals surface area contributed by atoms with Gasteiger partial charge in [0, 0.05) is 12.6 Å². The Balaban J connectivity index is 0.00000261. The molecule has 14 heteroatoms. The summed E-state index contributed by atoms with van der Waals surface area (Å²) in [5, 5.41) is 16.3. The minimum absolute atomic E-state index is 0. The van der Waals surface area contributed by atoms with Crippen LogP contribution in [0.3, 0.4) is 0 Å². The second-order valence-corrected chi connectivity index (χ2v) is 7.28. The molecule has 0 bridgehead atoms. The summed E-state index contributed by atoms with van der Waals surface area (Å²) in [6, 6.07) is 1.44. The number of sulfonamides is 1. The molecule has 0 radical (unpaired) electrons. The molecular weight excluding hydrogens is 417 g/mol. The van der Waals surface area contributed by atoms with Gasteiger partial charge in [0.05, 0.1) is 0 Å². The van der Waals surface area contributed by atoms with Crippen molar-refractivity contribution in [2.75, 3.05) is 6.54 Å². The van der Waals surface area contributed by atoms with E-state index in [-0.39, 0.29) is 36.8 Å². The fraction of sp³-hybridized carbons (Fsp3) is 0.385. The second kappa shape index (κ2) is 7.50. The van der Waals surface area contributed by atoms with Gasteiger partial charge in [-0.1, -0.05) is 0 Å². The smallest absolute Gasteiger partial charge is 0.432 e. The molecule has 150 valence electrons. The molecule has 0 saturated carbocycles. The fourth-order valence-electron chi connectivity index (χ4n) is 2.49. The zero-order valence-corrected chi connectivity index (χ0v) is 14.9. The second-order valence-electron chi connectivity index (χ2n) is 5.64. The molecule has 1 aliphatic heterocycles. The van der Waals surface area contributed by atoms with Gasteiger partial charge in [0.2, 0.25) is 5.09 Å². The number of hydrogen-bond donors (Lipinski definition) is 4. The minimum Gasteiger partial charge on any atom is -0.480 e. The van der Waals surface area contributed by atoms with E-state index in [1.54, 1.807) is 5.10 Å². The van der Waals surface area contributed by atoms with Crippen molar-refractivity contribution in [1.29, 1.82) is 0 Å². The van der Waals surface area contributed by atoms with Gasteiger partial charge in [-0.2, -0.15) is 18.3 Å². The molecule has 9 nitrogen and oxygen atoms in total. The van der Waals surface area contributed by atoms with E-state index in [0.29, 0.717) is 6.07 Å². The van der Waals surface area contributed by atoms with Gasteiger partial charge in [0.25, 0.3) is 10.0 Å². The maximum Gasteiger partial charge on any atom is 0.432 e. The molecule has 0 aliphatic carbocycles. The number of nitrogens with one attached hydrogen (secondary N) is 3. The molecule has 3 rings (SSSR count). The first-order valence-corrected chi connectivity index (χ1v) is 8.76. The van der Waals surface area contributed by atoms with Gasteiger partial charge in [0.1, 0.15) is 17.4 Å². The summed E-state index contributed by atoms with van der Waals surface area (Å²) in [7, 11) is -4.11. The fourth-order valence-corrected chi connectivity index (χ4v) is 3.67. The highest BCUT2D eigenvalue weighted by Crippen LogP contribution is 2.31. The van der Waals surface area contributed by atoms with Crippen molar-refractivity contribution in [2.45, 2.75) is 29.8 Å². The molecule has 1 saturated heterocycles. The highest BCUT2D eigenvalue weighted by molar-refractivity contribution is 7.89. The number of H-pyrrole nitrogens is 1. The molecule has 0 amide bonds. The van der Waals surface area contributed by atoms with Crippen molar-refractivity contribution in [3.63, 3.8) is 0 Å². The number of rotatable bonds is 5. The number of carboxylic acid groups (broad SMARTS) is 1. The molecule has 2 aromatic rings. The molecule has 4 N–H and O–H groups in total. The lowest BCUT2D eigenvalue weighted by molar-refractivity contribution is -0.141. The Bertz CT molecular complexity index is 927. The summed E-state index contributed by atoms with van der Waals surface area (Å²) in [5.41, 5.74) is -1.30. The molecular formula is C13H14ClF3N4O5S. The first-order valence-electron chi connectivity index (χ1n) is 7.27. The van der Waals surface area contributed by atoms with E-state index < -0.39 is 45.0 Å². The van der Waals surface area contributed by atoms with E-state index in [1.165, 1.54) is 6.07 Å². The van der Waals surface area contributed by atoms with Crippen LogP contribution in [0.1, 0.15) is 12.1 Å². The van der Waals surface area contributed by atoms with Gasteiger partial charge in [-0.15, -0.1) is 12.4 Å². The molecule has 0 spiro atoms. The molecule has 2 atom stereocenters. The zero-order valence-electron chi connectivity index (χ0n) is 13.3. The van der Waals surface area contributed by atoms with E-state index >= 15 is 0 Å². The van der Waals surface area contributed by atoms with Crippen LogP contribution in [-0.2, 0) is 21.0 Å². The van der Waals surface area contributed by atoms with E-state index in [0.717, 1.165) is 6.07 Å². The first kappa shape index (κ1) is 21.2. The Morgan fingerprint density at radius 1 is 1.37 bits per heavy atom. The Morgan fingerprint density at radius 2 is 2.07 bits per heavy atom. The largest absolute Gasteiger partial charge is 0.480 e. The molecule has 1 aliphatic rings. The van der Waals surface area contributed by atoms with E-state index in [2.05, 4.69) is 15.1 Å². The SMILES string of the molecule is Cl.O=C(O)[C@@H]1C[C@H](NS(=O)(=O)c2ccc(-c3cc(C(F)(F)F)[nH]n3)o2)CN1. The van der Waals surface area contributed by atoms with Crippen molar-refractivity contribution in [3.8, 4) is 11.5 Å². The van der Waals surface area contributed by atoms with Crippen molar-refractivity contribution in [1.82, 2.24) is 20.2 Å². The third kappa shape index (κ3) is 4.61. The Hall–Kier alpha value is -2.09. The van der Waals surface area contributed by atoms with Gasteiger partial charge in [-0.25, -0.2) is 13.1 Å². The third-order valence-corrected chi connectivity index (χ3v) is 5.13. The van der Waals surface area contributed by atoms with Crippen LogP contribution in [0.25, 0.3) is 11.5 Å². The number of aliphatic carboxylic acids is 1. The molecule has 27 heavy (non-hydrogen) atoms. The normalized spacial score (nSPS) is 20.4. The van der Waals surface area contributed by atoms with E-state index in [4.69, 9.17) is 9.52 Å². The Morgan fingerprint density at radius 3 is 2.63 bits per heavy atom. The topological polar surface area (TPSA) is 137 Å². The van der Waals surface area contributed by atoms with Crippen LogP contribution < -0.4 is 10.0 Å². The summed E-state index contributed by atoms with van der Waals surface area (Å²) in [4.78, 5) is 10.9. The molecule has 0 unspecified atom stereocenters. The van der Waals surface area contributed by atoms with Gasteiger partial charge < -0.3 is 14.8 Å². The van der Waals surface area contributed by atoms with Crippen molar-refractivity contribution < 1.29 is 35.9 Å². The quantitative estimate of drug-likeness (QED) is 0.559. The standard InChI is InChI=1S/C13H13F3N4O5S.ClH/c14-13(15,16)10-4-7(18-19-10)9-1-2-11(25-9)26(23,24)20-6-3-8(12(21)22)17-5-6;/h1-2,4,6,8,17,20H,3,5H2,(H,18,19)(H,21,22);1H/t6-,8-;/m0./s1.